The highest BCUT2D eigenvalue weighted by atomic mass is 16.3. The summed E-state index contributed by atoms with van der Waals surface area (Å²) in [5, 5.41) is 9.12. The number of aliphatic hydroxyl groups is 1. The van der Waals surface area contributed by atoms with Crippen LogP contribution in [0.2, 0.25) is 0 Å². The van der Waals surface area contributed by atoms with Gasteiger partial charge in [0.25, 0.3) is 0 Å². The minimum Gasteiger partial charge on any atom is -0.392 e. The summed E-state index contributed by atoms with van der Waals surface area (Å²) in [6.07, 6.45) is 1.92. The minimum absolute atomic E-state index is 0.0552. The lowest BCUT2D eigenvalue weighted by Crippen LogP contribution is -2.42. The highest BCUT2D eigenvalue weighted by molar-refractivity contribution is 5.56. The van der Waals surface area contributed by atoms with Crippen molar-refractivity contribution in [3.05, 3.63) is 42.0 Å². The van der Waals surface area contributed by atoms with Gasteiger partial charge in [-0.25, -0.2) is 0 Å². The number of hydrogen-bond donors (Lipinski definition) is 1. The summed E-state index contributed by atoms with van der Waals surface area (Å²) in [7, 11) is 0. The van der Waals surface area contributed by atoms with Gasteiger partial charge in [0.15, 0.2) is 0 Å². The smallest absolute Gasteiger partial charge is 0.0681 e. The minimum atomic E-state index is 0.0552. The lowest BCUT2D eigenvalue weighted by molar-refractivity contribution is 0.282. The van der Waals surface area contributed by atoms with Gasteiger partial charge in [0.05, 0.1) is 6.61 Å². The Balaban J connectivity index is 3.15. The van der Waals surface area contributed by atoms with Crippen molar-refractivity contribution in [2.75, 3.05) is 11.4 Å². The molecular weight excluding hydrogens is 210 g/mol. The van der Waals surface area contributed by atoms with Crippen LogP contribution in [0.25, 0.3) is 0 Å². The first-order chi connectivity index (χ1) is 7.90. The Bertz CT molecular complexity index is 390. The molecular formula is C15H23NO. The van der Waals surface area contributed by atoms with E-state index in [0.717, 1.165) is 12.1 Å². The van der Waals surface area contributed by atoms with Crippen LogP contribution >= 0.6 is 0 Å². The average Bonchev–Trinajstić information content (AvgIpc) is 2.25. The monoisotopic (exact) mass is 233 g/mol. The molecule has 0 aliphatic heterocycles. The fraction of sp³-hybridized carbons (Fsp3) is 0.467. The molecule has 0 heterocycles. The van der Waals surface area contributed by atoms with E-state index in [0.29, 0.717) is 0 Å². The SMILES string of the molecule is C=CCN(c1ccc(CO)cc1C)C(C)(C)C. The number of nitrogens with zero attached hydrogens (tertiary/aromatic N) is 1. The molecule has 0 aliphatic rings. The quantitative estimate of drug-likeness (QED) is 0.807. The topological polar surface area (TPSA) is 23.5 Å². The first-order valence-electron chi connectivity index (χ1n) is 5.99. The second-order valence-electron chi connectivity index (χ2n) is 5.35. The molecule has 17 heavy (non-hydrogen) atoms. The van der Waals surface area contributed by atoms with Crippen molar-refractivity contribution in [2.45, 2.75) is 39.8 Å². The fourth-order valence-corrected chi connectivity index (χ4v) is 1.98. The molecule has 0 saturated heterocycles. The van der Waals surface area contributed by atoms with Crippen molar-refractivity contribution in [2.24, 2.45) is 0 Å². The largest absolute Gasteiger partial charge is 0.392 e. The van der Waals surface area contributed by atoms with Crippen LogP contribution < -0.4 is 4.90 Å². The van der Waals surface area contributed by atoms with Crippen LogP contribution in [0, 0.1) is 6.92 Å². The predicted octanol–water partition coefficient (Wildman–Crippen LogP) is 3.28. The van der Waals surface area contributed by atoms with Crippen molar-refractivity contribution < 1.29 is 5.11 Å². The van der Waals surface area contributed by atoms with Crippen molar-refractivity contribution in [3.8, 4) is 0 Å². The van der Waals surface area contributed by atoms with Gasteiger partial charge in [0, 0.05) is 17.8 Å². The molecule has 0 amide bonds. The van der Waals surface area contributed by atoms with Crippen molar-refractivity contribution >= 4 is 5.69 Å². The van der Waals surface area contributed by atoms with Crippen LogP contribution in [0.15, 0.2) is 30.9 Å². The summed E-state index contributed by atoms with van der Waals surface area (Å²) in [6, 6.07) is 6.09. The van der Waals surface area contributed by atoms with Crippen LogP contribution in [-0.2, 0) is 6.61 Å². The van der Waals surface area contributed by atoms with E-state index in [4.69, 9.17) is 5.11 Å². The Hall–Kier alpha value is -1.28. The van der Waals surface area contributed by atoms with Gasteiger partial charge in [-0.05, 0) is 44.9 Å². The summed E-state index contributed by atoms with van der Waals surface area (Å²) in [4.78, 5) is 2.32. The number of aryl methyl sites for hydroxylation is 1. The molecule has 94 valence electrons. The Morgan fingerprint density at radius 3 is 2.41 bits per heavy atom. The summed E-state index contributed by atoms with van der Waals surface area (Å²) < 4.78 is 0. The maximum atomic E-state index is 9.12. The van der Waals surface area contributed by atoms with Gasteiger partial charge in [-0.15, -0.1) is 6.58 Å². The van der Waals surface area contributed by atoms with E-state index in [9.17, 15) is 0 Å². The third kappa shape index (κ3) is 3.34. The third-order valence-corrected chi connectivity index (χ3v) is 2.86. The summed E-state index contributed by atoms with van der Waals surface area (Å²) in [5.74, 6) is 0. The molecule has 1 N–H and O–H groups in total. The molecule has 1 rings (SSSR count). The van der Waals surface area contributed by atoms with Gasteiger partial charge in [0.2, 0.25) is 0 Å². The van der Waals surface area contributed by atoms with E-state index in [1.54, 1.807) is 0 Å². The van der Waals surface area contributed by atoms with E-state index >= 15 is 0 Å². The molecule has 0 bridgehead atoms. The lowest BCUT2D eigenvalue weighted by atomic mass is 10.0. The first kappa shape index (κ1) is 13.8. The number of hydrogen-bond acceptors (Lipinski definition) is 2. The molecule has 0 atom stereocenters. The molecule has 1 aromatic rings. The lowest BCUT2D eigenvalue weighted by Gasteiger charge is -2.38. The maximum Gasteiger partial charge on any atom is 0.0681 e. The second kappa shape index (κ2) is 5.37. The third-order valence-electron chi connectivity index (χ3n) is 2.86. The Morgan fingerprint density at radius 2 is 2.00 bits per heavy atom. The van der Waals surface area contributed by atoms with E-state index in [2.05, 4.69) is 45.2 Å². The molecule has 2 heteroatoms. The van der Waals surface area contributed by atoms with Crippen molar-refractivity contribution in [3.63, 3.8) is 0 Å². The summed E-state index contributed by atoms with van der Waals surface area (Å²) in [5.41, 5.74) is 3.40. The molecule has 0 unspecified atom stereocenters. The maximum absolute atomic E-state index is 9.12. The molecule has 0 spiro atoms. The average molecular weight is 233 g/mol. The molecule has 0 aliphatic carbocycles. The normalized spacial score (nSPS) is 11.4. The molecule has 0 saturated carbocycles. The van der Waals surface area contributed by atoms with Crippen LogP contribution in [0.3, 0.4) is 0 Å². The van der Waals surface area contributed by atoms with E-state index in [1.807, 2.05) is 18.2 Å². The summed E-state index contributed by atoms with van der Waals surface area (Å²) in [6.45, 7) is 13.4. The van der Waals surface area contributed by atoms with Gasteiger partial charge in [-0.1, -0.05) is 18.2 Å². The zero-order chi connectivity index (χ0) is 13.1. The number of benzene rings is 1. The van der Waals surface area contributed by atoms with Crippen LogP contribution in [0.1, 0.15) is 31.9 Å². The molecule has 0 fully saturated rings. The number of aliphatic hydroxyl groups excluding tert-OH is 1. The van der Waals surface area contributed by atoms with Crippen LogP contribution in [-0.4, -0.2) is 17.2 Å². The van der Waals surface area contributed by atoms with Crippen molar-refractivity contribution in [1.29, 1.82) is 0 Å². The second-order valence-corrected chi connectivity index (χ2v) is 5.35. The highest BCUT2D eigenvalue weighted by Gasteiger charge is 2.21. The number of anilines is 1. The Labute approximate surface area is 105 Å². The molecule has 1 aromatic carbocycles. The summed E-state index contributed by atoms with van der Waals surface area (Å²) >= 11 is 0. The van der Waals surface area contributed by atoms with Crippen molar-refractivity contribution in [1.82, 2.24) is 0 Å². The van der Waals surface area contributed by atoms with Gasteiger partial charge >= 0.3 is 0 Å². The molecule has 0 radical (unpaired) electrons. The predicted molar refractivity (Wildman–Crippen MR) is 74.4 cm³/mol. The Kier molecular flexibility index (Phi) is 4.35. The number of rotatable bonds is 4. The highest BCUT2D eigenvalue weighted by Crippen LogP contribution is 2.27. The van der Waals surface area contributed by atoms with E-state index < -0.39 is 0 Å². The standard InChI is InChI=1S/C15H23NO/c1-6-9-16(15(3,4)5)14-8-7-13(11-17)10-12(14)2/h6-8,10,17H,1,9,11H2,2-5H3. The fourth-order valence-electron chi connectivity index (χ4n) is 1.98. The van der Waals surface area contributed by atoms with Crippen LogP contribution in [0.5, 0.6) is 0 Å². The van der Waals surface area contributed by atoms with E-state index in [-0.39, 0.29) is 12.1 Å². The van der Waals surface area contributed by atoms with Gasteiger partial charge in [-0.2, -0.15) is 0 Å². The van der Waals surface area contributed by atoms with Gasteiger partial charge < -0.3 is 10.0 Å². The van der Waals surface area contributed by atoms with Gasteiger partial charge in [-0.3, -0.25) is 0 Å². The molecule has 2 nitrogen and oxygen atoms in total. The van der Waals surface area contributed by atoms with Gasteiger partial charge in [0.1, 0.15) is 0 Å². The van der Waals surface area contributed by atoms with Crippen LogP contribution in [0.4, 0.5) is 5.69 Å². The van der Waals surface area contributed by atoms with E-state index in [1.165, 1.54) is 11.3 Å². The first-order valence-corrected chi connectivity index (χ1v) is 5.99. The zero-order valence-electron chi connectivity index (χ0n) is 11.3. The zero-order valence-corrected chi connectivity index (χ0v) is 11.3. The molecule has 0 aromatic heterocycles. The Morgan fingerprint density at radius 1 is 1.35 bits per heavy atom.